The Morgan fingerprint density at radius 3 is 2.33 bits per heavy atom. The summed E-state index contributed by atoms with van der Waals surface area (Å²) in [5.41, 5.74) is 0. The van der Waals surface area contributed by atoms with Crippen LogP contribution in [0.25, 0.3) is 0 Å². The van der Waals surface area contributed by atoms with Crippen molar-refractivity contribution in [1.82, 2.24) is 10.0 Å². The molecule has 2 N–H and O–H groups in total. The van der Waals surface area contributed by atoms with Gasteiger partial charge < -0.3 is 5.32 Å². The maximum atomic E-state index is 12.7. The van der Waals surface area contributed by atoms with Crippen molar-refractivity contribution in [2.45, 2.75) is 24.3 Å². The van der Waals surface area contributed by atoms with E-state index in [2.05, 4.69) is 10.0 Å². The molecule has 0 spiro atoms. The SMILES string of the molecule is CCC(NS(=O)(=O)c1ccc(F)cc1)C(=O)NC. The second kappa shape index (κ2) is 5.92. The van der Waals surface area contributed by atoms with E-state index in [-0.39, 0.29) is 4.90 Å². The van der Waals surface area contributed by atoms with Crippen LogP contribution in [0.15, 0.2) is 29.2 Å². The molecule has 0 aromatic heterocycles. The minimum atomic E-state index is -3.82. The van der Waals surface area contributed by atoms with Gasteiger partial charge >= 0.3 is 0 Å². The second-order valence-electron chi connectivity index (χ2n) is 3.65. The number of sulfonamides is 1. The third-order valence-electron chi connectivity index (χ3n) is 2.39. The van der Waals surface area contributed by atoms with Crippen LogP contribution in [0, 0.1) is 5.82 Å². The Bertz CT molecular complexity index is 514. The minimum Gasteiger partial charge on any atom is -0.358 e. The molecule has 0 aliphatic heterocycles. The third-order valence-corrected chi connectivity index (χ3v) is 3.88. The number of likely N-dealkylation sites (N-methyl/N-ethyl adjacent to an activating group) is 1. The lowest BCUT2D eigenvalue weighted by molar-refractivity contribution is -0.122. The summed E-state index contributed by atoms with van der Waals surface area (Å²) in [5.74, 6) is -0.935. The normalized spacial score (nSPS) is 13.1. The average molecular weight is 274 g/mol. The summed E-state index contributed by atoms with van der Waals surface area (Å²) in [6.07, 6.45) is 0.320. The zero-order chi connectivity index (χ0) is 13.8. The minimum absolute atomic E-state index is 0.0775. The molecule has 18 heavy (non-hydrogen) atoms. The lowest BCUT2D eigenvalue weighted by Gasteiger charge is -2.15. The summed E-state index contributed by atoms with van der Waals surface area (Å²) >= 11 is 0. The number of hydrogen-bond donors (Lipinski definition) is 2. The van der Waals surface area contributed by atoms with Gasteiger partial charge in [0.1, 0.15) is 11.9 Å². The van der Waals surface area contributed by atoms with Crippen molar-refractivity contribution in [3.8, 4) is 0 Å². The van der Waals surface area contributed by atoms with E-state index >= 15 is 0 Å². The molecule has 1 unspecified atom stereocenters. The monoisotopic (exact) mass is 274 g/mol. The number of carbonyl (C=O) groups excluding carboxylic acids is 1. The molecule has 1 amide bonds. The molecule has 0 saturated heterocycles. The number of nitrogens with one attached hydrogen (secondary N) is 2. The maximum Gasteiger partial charge on any atom is 0.241 e. The van der Waals surface area contributed by atoms with Crippen LogP contribution in [0.3, 0.4) is 0 Å². The predicted molar refractivity (Wildman–Crippen MR) is 64.9 cm³/mol. The quantitative estimate of drug-likeness (QED) is 0.827. The Kier molecular flexibility index (Phi) is 4.80. The first-order chi connectivity index (χ1) is 8.40. The van der Waals surface area contributed by atoms with Crippen LogP contribution < -0.4 is 10.0 Å². The molecule has 1 atom stereocenters. The van der Waals surface area contributed by atoms with Crippen LogP contribution >= 0.6 is 0 Å². The highest BCUT2D eigenvalue weighted by molar-refractivity contribution is 7.89. The van der Waals surface area contributed by atoms with E-state index in [1.165, 1.54) is 7.05 Å². The maximum absolute atomic E-state index is 12.7. The zero-order valence-electron chi connectivity index (χ0n) is 10.1. The number of benzene rings is 1. The first-order valence-corrected chi connectivity index (χ1v) is 6.88. The van der Waals surface area contributed by atoms with Gasteiger partial charge in [-0.15, -0.1) is 0 Å². The lowest BCUT2D eigenvalue weighted by atomic mass is 10.2. The average Bonchev–Trinajstić information content (AvgIpc) is 2.35. The van der Waals surface area contributed by atoms with Gasteiger partial charge in [0.05, 0.1) is 4.90 Å². The number of hydrogen-bond acceptors (Lipinski definition) is 3. The molecular weight excluding hydrogens is 259 g/mol. The van der Waals surface area contributed by atoms with Crippen molar-refractivity contribution < 1.29 is 17.6 Å². The fraction of sp³-hybridized carbons (Fsp3) is 0.364. The highest BCUT2D eigenvalue weighted by Gasteiger charge is 2.23. The van der Waals surface area contributed by atoms with Gasteiger partial charge in [-0.3, -0.25) is 4.79 Å². The van der Waals surface area contributed by atoms with Gasteiger partial charge in [0.25, 0.3) is 0 Å². The molecule has 5 nitrogen and oxygen atoms in total. The molecule has 0 aliphatic carbocycles. The molecule has 0 aliphatic rings. The van der Waals surface area contributed by atoms with Crippen LogP contribution in [-0.2, 0) is 14.8 Å². The highest BCUT2D eigenvalue weighted by Crippen LogP contribution is 2.10. The second-order valence-corrected chi connectivity index (χ2v) is 5.36. The molecule has 0 heterocycles. The molecule has 0 radical (unpaired) electrons. The van der Waals surface area contributed by atoms with Crippen molar-refractivity contribution in [3.63, 3.8) is 0 Å². The van der Waals surface area contributed by atoms with Crippen LogP contribution in [0.4, 0.5) is 4.39 Å². The van der Waals surface area contributed by atoms with Gasteiger partial charge in [-0.05, 0) is 30.7 Å². The highest BCUT2D eigenvalue weighted by atomic mass is 32.2. The summed E-state index contributed by atoms with van der Waals surface area (Å²) in [5, 5.41) is 2.37. The van der Waals surface area contributed by atoms with E-state index < -0.39 is 27.8 Å². The van der Waals surface area contributed by atoms with Crippen LogP contribution in [0.5, 0.6) is 0 Å². The van der Waals surface area contributed by atoms with Gasteiger partial charge in [0.15, 0.2) is 0 Å². The summed E-state index contributed by atoms with van der Waals surface area (Å²) in [4.78, 5) is 11.3. The molecule has 0 saturated carbocycles. The third kappa shape index (κ3) is 3.51. The topological polar surface area (TPSA) is 75.3 Å². The fourth-order valence-electron chi connectivity index (χ4n) is 1.37. The fourth-order valence-corrected chi connectivity index (χ4v) is 2.64. The molecule has 1 aromatic carbocycles. The Balaban J connectivity index is 2.94. The molecule has 1 rings (SSSR count). The Morgan fingerprint density at radius 2 is 1.89 bits per heavy atom. The Hall–Kier alpha value is -1.47. The number of carbonyl (C=O) groups is 1. The standard InChI is InChI=1S/C11H15FN2O3S/c1-3-10(11(15)13-2)14-18(16,17)9-6-4-8(12)5-7-9/h4-7,10,14H,3H2,1-2H3,(H,13,15). The smallest absolute Gasteiger partial charge is 0.241 e. The van der Waals surface area contributed by atoms with Crippen molar-refractivity contribution in [1.29, 1.82) is 0 Å². The van der Waals surface area contributed by atoms with Gasteiger partial charge in [0.2, 0.25) is 15.9 Å². The van der Waals surface area contributed by atoms with E-state index in [1.807, 2.05) is 0 Å². The van der Waals surface area contributed by atoms with Gasteiger partial charge in [-0.2, -0.15) is 4.72 Å². The zero-order valence-corrected chi connectivity index (χ0v) is 10.9. The van der Waals surface area contributed by atoms with Crippen molar-refractivity contribution >= 4 is 15.9 Å². The molecule has 0 bridgehead atoms. The summed E-state index contributed by atoms with van der Waals surface area (Å²) < 4.78 is 38.8. The van der Waals surface area contributed by atoms with Crippen molar-refractivity contribution in [3.05, 3.63) is 30.1 Å². The largest absolute Gasteiger partial charge is 0.358 e. The van der Waals surface area contributed by atoms with Crippen molar-refractivity contribution in [2.75, 3.05) is 7.05 Å². The summed E-state index contributed by atoms with van der Waals surface area (Å²) in [7, 11) is -2.39. The summed E-state index contributed by atoms with van der Waals surface area (Å²) in [6.45, 7) is 1.69. The van der Waals surface area contributed by atoms with E-state index in [0.717, 1.165) is 24.3 Å². The molecule has 7 heteroatoms. The van der Waals surface area contributed by atoms with E-state index in [0.29, 0.717) is 6.42 Å². The Morgan fingerprint density at radius 1 is 1.33 bits per heavy atom. The number of halogens is 1. The Labute approximate surface area is 105 Å². The van der Waals surface area contributed by atoms with Gasteiger partial charge in [-0.1, -0.05) is 6.92 Å². The van der Waals surface area contributed by atoms with Gasteiger partial charge in [0, 0.05) is 7.05 Å². The molecule has 0 fully saturated rings. The predicted octanol–water partition coefficient (Wildman–Crippen LogP) is 0.629. The first-order valence-electron chi connectivity index (χ1n) is 5.40. The van der Waals surface area contributed by atoms with E-state index in [1.54, 1.807) is 6.92 Å². The molecule has 100 valence electrons. The van der Waals surface area contributed by atoms with Crippen LogP contribution in [0.1, 0.15) is 13.3 Å². The number of amides is 1. The van der Waals surface area contributed by atoms with Gasteiger partial charge in [-0.25, -0.2) is 12.8 Å². The van der Waals surface area contributed by atoms with Crippen molar-refractivity contribution in [2.24, 2.45) is 0 Å². The number of rotatable bonds is 5. The van der Waals surface area contributed by atoms with Crippen LogP contribution in [-0.4, -0.2) is 27.4 Å². The van der Waals surface area contributed by atoms with E-state index in [9.17, 15) is 17.6 Å². The van der Waals surface area contributed by atoms with E-state index in [4.69, 9.17) is 0 Å². The summed E-state index contributed by atoms with van der Waals surface area (Å²) in [6, 6.07) is 3.55. The lowest BCUT2D eigenvalue weighted by Crippen LogP contribution is -2.45. The van der Waals surface area contributed by atoms with Crippen LogP contribution in [0.2, 0.25) is 0 Å². The molecule has 1 aromatic rings. The first kappa shape index (κ1) is 14.6. The molecular formula is C11H15FN2O3S.